The van der Waals surface area contributed by atoms with Gasteiger partial charge in [-0.3, -0.25) is 0 Å². The van der Waals surface area contributed by atoms with Gasteiger partial charge in [0.2, 0.25) is 0 Å². The molecule has 0 nitrogen and oxygen atoms in total. The van der Waals surface area contributed by atoms with Gasteiger partial charge in [-0.05, 0) is 11.8 Å². The predicted molar refractivity (Wildman–Crippen MR) is 76.2 cm³/mol. The van der Waals surface area contributed by atoms with Gasteiger partial charge in [-0.15, -0.1) is 0 Å². The van der Waals surface area contributed by atoms with E-state index in [1.807, 2.05) is 0 Å². The summed E-state index contributed by atoms with van der Waals surface area (Å²) in [4.78, 5) is 0. The number of rotatable bonds is 5. The van der Waals surface area contributed by atoms with Crippen LogP contribution >= 0.6 is 0 Å². The highest BCUT2D eigenvalue weighted by Crippen LogP contribution is 2.30. The normalized spacial score (nSPS) is 24.7. The van der Waals surface area contributed by atoms with Gasteiger partial charge in [0, 0.05) is 0 Å². The van der Waals surface area contributed by atoms with Gasteiger partial charge in [0.1, 0.15) is 0 Å². The molecular formula is C17H32. The van der Waals surface area contributed by atoms with E-state index in [9.17, 15) is 0 Å². The minimum Gasteiger partial charge on any atom is -0.0533 e. The van der Waals surface area contributed by atoms with Crippen molar-refractivity contribution in [3.8, 4) is 0 Å². The summed E-state index contributed by atoms with van der Waals surface area (Å²) < 4.78 is 0. The third kappa shape index (κ3) is 5.44. The lowest BCUT2D eigenvalue weighted by Crippen LogP contribution is -2.06. The van der Waals surface area contributed by atoms with E-state index in [0.717, 1.165) is 11.8 Å². The summed E-state index contributed by atoms with van der Waals surface area (Å²) in [6.07, 6.45) is 23.0. The molecule has 2 rings (SSSR count). The maximum Gasteiger partial charge on any atom is -0.0414 e. The fraction of sp³-hybridized carbons (Fsp3) is 1.00. The van der Waals surface area contributed by atoms with Gasteiger partial charge in [0.05, 0.1) is 0 Å². The second-order valence-electron chi connectivity index (χ2n) is 6.65. The molecule has 0 heteroatoms. The molecule has 0 atom stereocenters. The molecule has 0 aromatic heterocycles. The lowest BCUT2D eigenvalue weighted by Gasteiger charge is -2.21. The minimum absolute atomic E-state index is 1.10. The van der Waals surface area contributed by atoms with Crippen LogP contribution in [-0.2, 0) is 0 Å². The van der Waals surface area contributed by atoms with Crippen LogP contribution in [0.3, 0.4) is 0 Å². The molecule has 0 aliphatic heterocycles. The topological polar surface area (TPSA) is 0 Å². The second kappa shape index (κ2) is 8.16. The Morgan fingerprint density at radius 2 is 0.824 bits per heavy atom. The molecule has 17 heavy (non-hydrogen) atoms. The van der Waals surface area contributed by atoms with Crippen LogP contribution in [0.4, 0.5) is 0 Å². The Balaban J connectivity index is 1.49. The monoisotopic (exact) mass is 236 g/mol. The third-order valence-corrected chi connectivity index (χ3v) is 5.17. The standard InChI is InChI=1S/C17H32/c1-2-5-11-16(10-4-1)14-8-9-15-17-12-6-3-7-13-17/h16-17H,1-15H2. The lowest BCUT2D eigenvalue weighted by atomic mass is 9.85. The first-order chi connectivity index (χ1) is 8.45. The summed E-state index contributed by atoms with van der Waals surface area (Å²) in [5.41, 5.74) is 0. The van der Waals surface area contributed by atoms with E-state index in [0.29, 0.717) is 0 Å². The zero-order chi connectivity index (χ0) is 11.8. The van der Waals surface area contributed by atoms with Crippen LogP contribution in [0.15, 0.2) is 0 Å². The van der Waals surface area contributed by atoms with E-state index in [4.69, 9.17) is 0 Å². The summed E-state index contributed by atoms with van der Waals surface area (Å²) in [5.74, 6) is 2.21. The van der Waals surface area contributed by atoms with E-state index in [2.05, 4.69) is 0 Å². The SMILES string of the molecule is C1CCCC(CCCCC2CCCCC2)CC1. The average Bonchev–Trinajstić information content (AvgIpc) is 2.65. The molecular weight excluding hydrogens is 204 g/mol. The van der Waals surface area contributed by atoms with Crippen LogP contribution in [0.2, 0.25) is 0 Å². The predicted octanol–water partition coefficient (Wildman–Crippen LogP) is 6.10. The molecule has 0 spiro atoms. The zero-order valence-corrected chi connectivity index (χ0v) is 11.8. The number of hydrogen-bond donors (Lipinski definition) is 0. The quantitative estimate of drug-likeness (QED) is 0.400. The molecule has 0 aromatic rings. The van der Waals surface area contributed by atoms with Crippen molar-refractivity contribution in [3.63, 3.8) is 0 Å². The molecule has 0 bridgehead atoms. The first kappa shape index (κ1) is 13.4. The van der Waals surface area contributed by atoms with Gasteiger partial charge in [0.25, 0.3) is 0 Å². The summed E-state index contributed by atoms with van der Waals surface area (Å²) in [6.45, 7) is 0. The van der Waals surface area contributed by atoms with Gasteiger partial charge in [-0.1, -0.05) is 96.3 Å². The highest BCUT2D eigenvalue weighted by atomic mass is 14.2. The van der Waals surface area contributed by atoms with Crippen LogP contribution in [0.25, 0.3) is 0 Å². The summed E-state index contributed by atoms with van der Waals surface area (Å²) in [7, 11) is 0. The Labute approximate surface area is 109 Å². The second-order valence-corrected chi connectivity index (χ2v) is 6.65. The van der Waals surface area contributed by atoms with Gasteiger partial charge in [-0.2, -0.15) is 0 Å². The van der Waals surface area contributed by atoms with Crippen molar-refractivity contribution in [2.24, 2.45) is 11.8 Å². The van der Waals surface area contributed by atoms with E-state index in [-0.39, 0.29) is 0 Å². The first-order valence-corrected chi connectivity index (χ1v) is 8.45. The average molecular weight is 236 g/mol. The molecule has 2 aliphatic rings. The smallest absolute Gasteiger partial charge is 0.0414 e. The molecule has 2 fully saturated rings. The fourth-order valence-corrected chi connectivity index (χ4v) is 3.99. The van der Waals surface area contributed by atoms with E-state index in [1.165, 1.54) is 57.8 Å². The molecule has 0 radical (unpaired) electrons. The Bertz CT molecular complexity index is 170. The summed E-state index contributed by atoms with van der Waals surface area (Å²) in [6, 6.07) is 0. The third-order valence-electron chi connectivity index (χ3n) is 5.17. The summed E-state index contributed by atoms with van der Waals surface area (Å²) >= 11 is 0. The van der Waals surface area contributed by atoms with Crippen LogP contribution < -0.4 is 0 Å². The van der Waals surface area contributed by atoms with Gasteiger partial charge in [-0.25, -0.2) is 0 Å². The van der Waals surface area contributed by atoms with Crippen LogP contribution in [-0.4, -0.2) is 0 Å². The maximum atomic E-state index is 1.55. The summed E-state index contributed by atoms with van der Waals surface area (Å²) in [5, 5.41) is 0. The van der Waals surface area contributed by atoms with Crippen molar-refractivity contribution < 1.29 is 0 Å². The van der Waals surface area contributed by atoms with Crippen molar-refractivity contribution in [1.29, 1.82) is 0 Å². The first-order valence-electron chi connectivity index (χ1n) is 8.45. The Hall–Kier alpha value is 0. The molecule has 100 valence electrons. The molecule has 0 heterocycles. The van der Waals surface area contributed by atoms with Gasteiger partial charge >= 0.3 is 0 Å². The molecule has 2 aliphatic carbocycles. The Kier molecular flexibility index (Phi) is 6.45. The lowest BCUT2D eigenvalue weighted by molar-refractivity contribution is 0.319. The van der Waals surface area contributed by atoms with Crippen molar-refractivity contribution in [2.45, 2.75) is 96.3 Å². The van der Waals surface area contributed by atoms with Crippen LogP contribution in [0.5, 0.6) is 0 Å². The van der Waals surface area contributed by atoms with Gasteiger partial charge in [0.15, 0.2) is 0 Å². The fourth-order valence-electron chi connectivity index (χ4n) is 3.99. The van der Waals surface area contributed by atoms with Gasteiger partial charge < -0.3 is 0 Å². The van der Waals surface area contributed by atoms with Crippen molar-refractivity contribution in [3.05, 3.63) is 0 Å². The molecule has 0 unspecified atom stereocenters. The molecule has 0 saturated heterocycles. The molecule has 0 N–H and O–H groups in total. The highest BCUT2D eigenvalue weighted by molar-refractivity contribution is 4.68. The molecule has 0 aromatic carbocycles. The van der Waals surface area contributed by atoms with Crippen LogP contribution in [0.1, 0.15) is 96.3 Å². The van der Waals surface area contributed by atoms with Crippen LogP contribution in [0, 0.1) is 11.8 Å². The molecule has 0 amide bonds. The number of unbranched alkanes of at least 4 members (excludes halogenated alkanes) is 1. The van der Waals surface area contributed by atoms with E-state index < -0.39 is 0 Å². The Morgan fingerprint density at radius 3 is 1.24 bits per heavy atom. The Morgan fingerprint density at radius 1 is 0.471 bits per heavy atom. The minimum atomic E-state index is 1.10. The molecule has 2 saturated carbocycles. The van der Waals surface area contributed by atoms with E-state index in [1.54, 1.807) is 38.5 Å². The highest BCUT2D eigenvalue weighted by Gasteiger charge is 2.14. The van der Waals surface area contributed by atoms with Crippen molar-refractivity contribution >= 4 is 0 Å². The van der Waals surface area contributed by atoms with Crippen molar-refractivity contribution in [2.75, 3.05) is 0 Å². The zero-order valence-electron chi connectivity index (χ0n) is 11.8. The largest absolute Gasteiger partial charge is 0.0533 e. The van der Waals surface area contributed by atoms with E-state index >= 15 is 0 Å². The van der Waals surface area contributed by atoms with Crippen molar-refractivity contribution in [1.82, 2.24) is 0 Å². The maximum absolute atomic E-state index is 1.55. The number of hydrogen-bond acceptors (Lipinski definition) is 0.